The van der Waals surface area contributed by atoms with Crippen LogP contribution < -0.4 is 4.74 Å². The van der Waals surface area contributed by atoms with Crippen LogP contribution in [0.4, 0.5) is 0 Å². The van der Waals surface area contributed by atoms with E-state index < -0.39 is 5.97 Å². The number of nitrogens with zero attached hydrogens (tertiary/aromatic N) is 4. The van der Waals surface area contributed by atoms with E-state index in [0.29, 0.717) is 35.0 Å². The Morgan fingerprint density at radius 2 is 2.11 bits per heavy atom. The fourth-order valence-corrected chi connectivity index (χ4v) is 4.34. The summed E-state index contributed by atoms with van der Waals surface area (Å²) in [5.41, 5.74) is 5.69. The van der Waals surface area contributed by atoms with Crippen molar-refractivity contribution in [3.8, 4) is 34.7 Å². The molecule has 9 heteroatoms. The molecule has 35 heavy (non-hydrogen) atoms. The van der Waals surface area contributed by atoms with E-state index in [1.807, 2.05) is 26.0 Å². The van der Waals surface area contributed by atoms with Crippen LogP contribution in [0.2, 0.25) is 0 Å². The van der Waals surface area contributed by atoms with Gasteiger partial charge in [-0.1, -0.05) is 17.3 Å². The second-order valence-electron chi connectivity index (χ2n) is 8.81. The third-order valence-corrected chi connectivity index (χ3v) is 6.01. The average Bonchev–Trinajstić information content (AvgIpc) is 3.29. The number of hydrogen-bond donors (Lipinski definition) is 1. The molecule has 0 radical (unpaired) electrons. The molecule has 2 aromatic carbocycles. The van der Waals surface area contributed by atoms with Crippen molar-refractivity contribution in [3.05, 3.63) is 52.6 Å². The van der Waals surface area contributed by atoms with E-state index in [9.17, 15) is 10.1 Å². The molecule has 0 aliphatic carbocycles. The van der Waals surface area contributed by atoms with Crippen molar-refractivity contribution in [1.29, 1.82) is 5.26 Å². The fraction of sp³-hybridized carbons (Fsp3) is 0.385. The molecular weight excluding hydrogens is 455 g/mol. The van der Waals surface area contributed by atoms with Gasteiger partial charge in [-0.3, -0.25) is 9.69 Å². The number of fused-ring (bicyclic) bond motifs is 1. The molecule has 4 rings (SSSR count). The van der Waals surface area contributed by atoms with Gasteiger partial charge < -0.3 is 14.4 Å². The molecule has 3 aromatic rings. The zero-order valence-electron chi connectivity index (χ0n) is 19.7. The molecule has 0 spiro atoms. The first-order chi connectivity index (χ1) is 16.4. The molecule has 178 valence electrons. The van der Waals surface area contributed by atoms with Gasteiger partial charge in [0.15, 0.2) is 0 Å². The Balaban J connectivity index is 0.00000342. The Hall–Kier alpha value is -2.70. The zero-order valence-corrected chi connectivity index (χ0v) is 19.7. The number of aromatic nitrogens is 2. The van der Waals surface area contributed by atoms with Crippen molar-refractivity contribution in [3.63, 3.8) is 0 Å². The van der Waals surface area contributed by atoms with Crippen LogP contribution in [0.1, 0.15) is 48.9 Å². The molecule has 1 aromatic heterocycles. The first-order valence-electron chi connectivity index (χ1n) is 11.5. The quantitative estimate of drug-likeness (QED) is 0.479. The fourth-order valence-electron chi connectivity index (χ4n) is 4.34. The molecule has 8 nitrogen and oxygen atoms in total. The second kappa shape index (κ2) is 11.8. The molecular formula is C26H29N4NaO4. The summed E-state index contributed by atoms with van der Waals surface area (Å²) in [4.78, 5) is 17.7. The van der Waals surface area contributed by atoms with Crippen molar-refractivity contribution in [1.82, 2.24) is 15.0 Å². The Morgan fingerprint density at radius 1 is 1.31 bits per heavy atom. The van der Waals surface area contributed by atoms with E-state index in [-0.39, 0.29) is 42.1 Å². The minimum absolute atomic E-state index is 0. The number of carboxylic acids is 1. The number of benzene rings is 2. The van der Waals surface area contributed by atoms with Crippen LogP contribution in [-0.2, 0) is 17.8 Å². The normalized spacial score (nSPS) is 13.1. The molecule has 0 saturated heterocycles. The summed E-state index contributed by atoms with van der Waals surface area (Å²) in [5, 5.41) is 22.6. The Morgan fingerprint density at radius 3 is 2.83 bits per heavy atom. The summed E-state index contributed by atoms with van der Waals surface area (Å²) in [7, 11) is 0. The summed E-state index contributed by atoms with van der Waals surface area (Å²) >= 11 is 0. The number of nitriles is 1. The molecule has 1 aliphatic rings. The molecule has 0 saturated carbocycles. The molecule has 0 amide bonds. The van der Waals surface area contributed by atoms with Crippen LogP contribution in [0.5, 0.6) is 5.75 Å². The summed E-state index contributed by atoms with van der Waals surface area (Å²) in [5.74, 6) is 0.647. The maximum atomic E-state index is 10.8. The first kappa shape index (κ1) is 26.9. The number of hydrogen-bond acceptors (Lipinski definition) is 7. The third kappa shape index (κ3) is 6.30. The molecule has 1 aliphatic heterocycles. The Labute approximate surface area is 227 Å². The molecule has 1 N–H and O–H groups in total. The van der Waals surface area contributed by atoms with Crippen LogP contribution >= 0.6 is 0 Å². The van der Waals surface area contributed by atoms with Gasteiger partial charge in [-0.15, -0.1) is 0 Å². The van der Waals surface area contributed by atoms with Gasteiger partial charge in [0, 0.05) is 30.6 Å². The zero-order chi connectivity index (χ0) is 24.2. The van der Waals surface area contributed by atoms with Crippen LogP contribution in [0, 0.1) is 18.3 Å². The molecule has 0 fully saturated rings. The second-order valence-corrected chi connectivity index (χ2v) is 8.81. The minimum atomic E-state index is -0.749. The number of carbonyl (C=O) groups is 1. The van der Waals surface area contributed by atoms with Gasteiger partial charge in [-0.2, -0.15) is 10.2 Å². The molecule has 0 atom stereocenters. The van der Waals surface area contributed by atoms with E-state index >= 15 is 0 Å². The van der Waals surface area contributed by atoms with Gasteiger partial charge in [0.2, 0.25) is 5.82 Å². The van der Waals surface area contributed by atoms with Gasteiger partial charge in [0.05, 0.1) is 11.7 Å². The van der Waals surface area contributed by atoms with Gasteiger partial charge in [-0.05, 0) is 75.0 Å². The maximum absolute atomic E-state index is 10.8. The number of aliphatic carboxylic acids is 1. The van der Waals surface area contributed by atoms with Crippen molar-refractivity contribution in [2.75, 3.05) is 13.1 Å². The molecule has 0 bridgehead atoms. The molecule has 0 unspecified atom stereocenters. The van der Waals surface area contributed by atoms with Crippen molar-refractivity contribution in [2.24, 2.45) is 0 Å². The predicted octanol–water partition coefficient (Wildman–Crippen LogP) is 3.95. The predicted molar refractivity (Wildman–Crippen MR) is 133 cm³/mol. The van der Waals surface area contributed by atoms with Crippen LogP contribution in [0.25, 0.3) is 22.8 Å². The van der Waals surface area contributed by atoms with Gasteiger partial charge in [-0.25, -0.2) is 0 Å². The number of carboxylic acid groups (broad SMARTS) is 1. The monoisotopic (exact) mass is 484 g/mol. The van der Waals surface area contributed by atoms with Crippen LogP contribution in [0.3, 0.4) is 0 Å². The topological polar surface area (TPSA) is 112 Å². The third-order valence-electron chi connectivity index (χ3n) is 6.01. The first-order valence-corrected chi connectivity index (χ1v) is 11.5. The van der Waals surface area contributed by atoms with Crippen molar-refractivity contribution < 1.29 is 19.2 Å². The van der Waals surface area contributed by atoms with E-state index in [4.69, 9.17) is 14.4 Å². The van der Waals surface area contributed by atoms with E-state index in [2.05, 4.69) is 34.1 Å². The Kier molecular flexibility index (Phi) is 9.09. The van der Waals surface area contributed by atoms with E-state index in [0.717, 1.165) is 37.2 Å². The van der Waals surface area contributed by atoms with Crippen LogP contribution in [0.15, 0.2) is 34.9 Å². The summed E-state index contributed by atoms with van der Waals surface area (Å²) < 4.78 is 11.2. The Bertz CT molecular complexity index is 1250. The number of ether oxygens (including phenoxy) is 1. The van der Waals surface area contributed by atoms with Crippen LogP contribution in [-0.4, -0.2) is 74.9 Å². The van der Waals surface area contributed by atoms with Gasteiger partial charge in [0.1, 0.15) is 11.8 Å². The van der Waals surface area contributed by atoms with E-state index in [1.165, 1.54) is 11.1 Å². The molecule has 2 heterocycles. The standard InChI is InChI=1S/C26H28N4O4.Na.H/c1-16(2)33-23-9-7-18(13-20(23)14-27)26-28-25(29-34-26)22-8-6-19-15-30(11-4-5-24(31)32)12-10-21(19)17(22)3;;/h6-9,13,16H,4-5,10-12,15H2,1-3H3,(H,31,32);;. The van der Waals surface area contributed by atoms with Crippen molar-refractivity contribution in [2.45, 2.75) is 52.7 Å². The number of rotatable bonds is 8. The summed E-state index contributed by atoms with van der Waals surface area (Å²) in [6.45, 7) is 8.41. The van der Waals surface area contributed by atoms with Crippen molar-refractivity contribution >= 4 is 35.5 Å². The summed E-state index contributed by atoms with van der Waals surface area (Å²) in [6, 6.07) is 11.6. The van der Waals surface area contributed by atoms with Gasteiger partial charge >= 0.3 is 35.5 Å². The van der Waals surface area contributed by atoms with E-state index in [1.54, 1.807) is 12.1 Å². The van der Waals surface area contributed by atoms with Gasteiger partial charge in [0.25, 0.3) is 5.89 Å². The summed E-state index contributed by atoms with van der Waals surface area (Å²) in [6.07, 6.45) is 1.73. The SMILES string of the molecule is Cc1c(-c2noc(-c3ccc(OC(C)C)c(C#N)c3)n2)ccc2c1CCN(CCCC(=O)O)C2.[NaH]. The average molecular weight is 485 g/mol.